The SMILES string of the molecule is OC[C@H]1O[C@@H](n2c(Cl)nc3cc(F)c(Cl)cc32)[C@H](O)[C@@H]1O. The van der Waals surface area contributed by atoms with Crippen LogP contribution in [0.3, 0.4) is 0 Å². The molecule has 1 aromatic carbocycles. The lowest BCUT2D eigenvalue weighted by Crippen LogP contribution is -2.33. The van der Waals surface area contributed by atoms with E-state index in [0.29, 0.717) is 5.52 Å². The number of ether oxygens (including phenoxy) is 1. The molecular formula is C12H11Cl2FN2O4. The third kappa shape index (κ3) is 2.30. The Balaban J connectivity index is 2.12. The molecule has 0 spiro atoms. The van der Waals surface area contributed by atoms with Crippen molar-refractivity contribution in [3.8, 4) is 0 Å². The van der Waals surface area contributed by atoms with Crippen LogP contribution in [0, 0.1) is 5.82 Å². The van der Waals surface area contributed by atoms with Gasteiger partial charge >= 0.3 is 0 Å². The zero-order valence-electron chi connectivity index (χ0n) is 10.4. The van der Waals surface area contributed by atoms with E-state index in [2.05, 4.69) is 4.98 Å². The molecule has 0 radical (unpaired) electrons. The molecular weight excluding hydrogens is 326 g/mol. The van der Waals surface area contributed by atoms with Crippen LogP contribution in [0.2, 0.25) is 10.3 Å². The van der Waals surface area contributed by atoms with Gasteiger partial charge in [0.05, 0.1) is 22.7 Å². The minimum absolute atomic E-state index is 0.0542. The van der Waals surface area contributed by atoms with Gasteiger partial charge < -0.3 is 20.1 Å². The third-order valence-electron chi connectivity index (χ3n) is 3.46. The molecule has 9 heteroatoms. The average Bonchev–Trinajstić information content (AvgIpc) is 2.89. The van der Waals surface area contributed by atoms with Gasteiger partial charge in [0, 0.05) is 6.07 Å². The number of nitrogens with zero attached hydrogens (tertiary/aromatic N) is 2. The largest absolute Gasteiger partial charge is 0.394 e. The number of aliphatic hydroxyl groups excluding tert-OH is 3. The Bertz CT molecular complexity index is 695. The van der Waals surface area contributed by atoms with Gasteiger partial charge in [0.2, 0.25) is 5.28 Å². The molecule has 1 saturated heterocycles. The molecule has 0 saturated carbocycles. The molecule has 4 atom stereocenters. The van der Waals surface area contributed by atoms with Gasteiger partial charge in [-0.1, -0.05) is 11.6 Å². The highest BCUT2D eigenvalue weighted by Gasteiger charge is 2.44. The topological polar surface area (TPSA) is 87.7 Å². The molecule has 0 unspecified atom stereocenters. The van der Waals surface area contributed by atoms with E-state index in [1.54, 1.807) is 0 Å². The highest BCUT2D eigenvalue weighted by Crippen LogP contribution is 2.35. The molecule has 0 amide bonds. The molecule has 0 aliphatic carbocycles. The molecule has 0 bridgehead atoms. The molecule has 114 valence electrons. The summed E-state index contributed by atoms with van der Waals surface area (Å²) in [6.07, 6.45) is -4.60. The van der Waals surface area contributed by atoms with Crippen LogP contribution in [0.5, 0.6) is 0 Å². The van der Waals surface area contributed by atoms with E-state index in [0.717, 1.165) is 6.07 Å². The molecule has 1 aromatic heterocycles. The summed E-state index contributed by atoms with van der Waals surface area (Å²) in [6.45, 7) is -0.464. The maximum atomic E-state index is 13.4. The van der Waals surface area contributed by atoms with Crippen molar-refractivity contribution in [3.05, 3.63) is 28.3 Å². The van der Waals surface area contributed by atoms with Crippen LogP contribution in [0.15, 0.2) is 12.1 Å². The number of rotatable bonds is 2. The van der Waals surface area contributed by atoms with Gasteiger partial charge in [-0.25, -0.2) is 9.37 Å². The van der Waals surface area contributed by atoms with Crippen LogP contribution in [-0.2, 0) is 4.74 Å². The third-order valence-corrected chi connectivity index (χ3v) is 4.02. The predicted octanol–water partition coefficient (Wildman–Crippen LogP) is 1.09. The van der Waals surface area contributed by atoms with Gasteiger partial charge in [-0.15, -0.1) is 0 Å². The number of imidazole rings is 1. The van der Waals surface area contributed by atoms with Crippen LogP contribution in [-0.4, -0.2) is 49.8 Å². The van der Waals surface area contributed by atoms with Crippen LogP contribution in [0.25, 0.3) is 11.0 Å². The highest BCUT2D eigenvalue weighted by atomic mass is 35.5. The monoisotopic (exact) mass is 336 g/mol. The molecule has 1 aliphatic heterocycles. The Labute approximate surface area is 128 Å². The van der Waals surface area contributed by atoms with Gasteiger partial charge in [-0.2, -0.15) is 0 Å². The van der Waals surface area contributed by atoms with Gasteiger partial charge in [-0.05, 0) is 17.7 Å². The summed E-state index contributed by atoms with van der Waals surface area (Å²) in [6, 6.07) is 2.42. The summed E-state index contributed by atoms with van der Waals surface area (Å²) in [4.78, 5) is 3.96. The second-order valence-electron chi connectivity index (χ2n) is 4.73. The van der Waals surface area contributed by atoms with Gasteiger partial charge in [0.25, 0.3) is 0 Å². The molecule has 3 N–H and O–H groups in total. The first-order chi connectivity index (χ1) is 9.93. The number of fused-ring (bicyclic) bond motifs is 1. The van der Waals surface area contributed by atoms with Gasteiger partial charge in [-0.3, -0.25) is 4.57 Å². The number of aromatic nitrogens is 2. The number of hydrogen-bond donors (Lipinski definition) is 3. The minimum Gasteiger partial charge on any atom is -0.394 e. The van der Waals surface area contributed by atoms with Crippen molar-refractivity contribution in [1.29, 1.82) is 0 Å². The average molecular weight is 337 g/mol. The second-order valence-corrected chi connectivity index (χ2v) is 5.48. The first kappa shape index (κ1) is 15.0. The summed E-state index contributed by atoms with van der Waals surface area (Å²) in [7, 11) is 0. The summed E-state index contributed by atoms with van der Waals surface area (Å²) in [5.41, 5.74) is 0.584. The lowest BCUT2D eigenvalue weighted by Gasteiger charge is -2.18. The highest BCUT2D eigenvalue weighted by molar-refractivity contribution is 6.32. The summed E-state index contributed by atoms with van der Waals surface area (Å²) in [5, 5.41) is 28.8. The van der Waals surface area contributed by atoms with Crippen molar-refractivity contribution in [2.45, 2.75) is 24.5 Å². The molecule has 3 rings (SSSR count). The van der Waals surface area contributed by atoms with E-state index in [1.165, 1.54) is 10.6 Å². The van der Waals surface area contributed by atoms with Crippen molar-refractivity contribution in [3.63, 3.8) is 0 Å². The van der Waals surface area contributed by atoms with E-state index in [-0.39, 0.29) is 15.8 Å². The summed E-state index contributed by atoms with van der Waals surface area (Å²) >= 11 is 11.8. The van der Waals surface area contributed by atoms with Crippen molar-refractivity contribution >= 4 is 34.2 Å². The van der Waals surface area contributed by atoms with Crippen LogP contribution < -0.4 is 0 Å². The number of halogens is 3. The van der Waals surface area contributed by atoms with E-state index in [1.807, 2.05) is 0 Å². The van der Waals surface area contributed by atoms with Crippen LogP contribution in [0.1, 0.15) is 6.23 Å². The Morgan fingerprint density at radius 3 is 2.62 bits per heavy atom. The Hall–Kier alpha value is -0.960. The molecule has 1 fully saturated rings. The molecule has 2 aromatic rings. The van der Waals surface area contributed by atoms with Crippen LogP contribution >= 0.6 is 23.2 Å². The zero-order valence-corrected chi connectivity index (χ0v) is 12.0. The van der Waals surface area contributed by atoms with E-state index in [9.17, 15) is 14.6 Å². The van der Waals surface area contributed by atoms with Crippen LogP contribution in [0.4, 0.5) is 4.39 Å². The van der Waals surface area contributed by atoms with Crippen molar-refractivity contribution in [2.75, 3.05) is 6.61 Å². The maximum Gasteiger partial charge on any atom is 0.206 e. The van der Waals surface area contributed by atoms with E-state index >= 15 is 0 Å². The van der Waals surface area contributed by atoms with Crippen molar-refractivity contribution in [1.82, 2.24) is 9.55 Å². The number of aliphatic hydroxyl groups is 3. The fraction of sp³-hybridized carbons (Fsp3) is 0.417. The standard InChI is InChI=1S/C12H11Cl2FN2O4/c13-4-1-7-6(2-5(4)15)16-12(14)17(7)11-10(20)9(19)8(3-18)21-11/h1-2,8-11,18-20H,3H2/t8-,9-,10-,11-/m1/s1. The first-order valence-electron chi connectivity index (χ1n) is 6.09. The normalized spacial score (nSPS) is 29.4. The molecule has 2 heterocycles. The number of hydrogen-bond acceptors (Lipinski definition) is 5. The zero-order chi connectivity index (χ0) is 15.3. The Kier molecular flexibility index (Phi) is 3.81. The quantitative estimate of drug-likeness (QED) is 0.764. The summed E-state index contributed by atoms with van der Waals surface area (Å²) < 4.78 is 20.1. The lowest BCUT2D eigenvalue weighted by molar-refractivity contribution is -0.0507. The molecule has 21 heavy (non-hydrogen) atoms. The van der Waals surface area contributed by atoms with Gasteiger partial charge in [0.1, 0.15) is 24.1 Å². The van der Waals surface area contributed by atoms with Gasteiger partial charge in [0.15, 0.2) is 6.23 Å². The predicted molar refractivity (Wildman–Crippen MR) is 72.7 cm³/mol. The minimum atomic E-state index is -1.32. The first-order valence-corrected chi connectivity index (χ1v) is 6.84. The second kappa shape index (κ2) is 5.35. The smallest absolute Gasteiger partial charge is 0.206 e. The van der Waals surface area contributed by atoms with Crippen molar-refractivity contribution < 1.29 is 24.4 Å². The fourth-order valence-corrected chi connectivity index (χ4v) is 2.83. The molecule has 6 nitrogen and oxygen atoms in total. The maximum absolute atomic E-state index is 13.4. The lowest BCUT2D eigenvalue weighted by atomic mass is 10.1. The molecule has 1 aliphatic rings. The number of benzene rings is 1. The fourth-order valence-electron chi connectivity index (χ4n) is 2.40. The van der Waals surface area contributed by atoms with Crippen molar-refractivity contribution in [2.24, 2.45) is 0 Å². The summed E-state index contributed by atoms with van der Waals surface area (Å²) in [5.74, 6) is -0.647. The van der Waals surface area contributed by atoms with E-state index in [4.69, 9.17) is 33.0 Å². The van der Waals surface area contributed by atoms with E-state index < -0.39 is 37.0 Å². The Morgan fingerprint density at radius 1 is 1.29 bits per heavy atom. The Morgan fingerprint density at radius 2 is 2.00 bits per heavy atom.